The second kappa shape index (κ2) is 6.75. The van der Waals surface area contributed by atoms with Gasteiger partial charge in [0, 0.05) is 12.6 Å². The first-order valence-corrected chi connectivity index (χ1v) is 7.66. The summed E-state index contributed by atoms with van der Waals surface area (Å²) in [4.78, 5) is 2.67. The summed E-state index contributed by atoms with van der Waals surface area (Å²) in [5.74, 6) is 1.91. The first-order valence-electron chi connectivity index (χ1n) is 7.66. The zero-order valence-corrected chi connectivity index (χ0v) is 11.8. The van der Waals surface area contributed by atoms with E-state index in [1.165, 1.54) is 64.6 Å². The van der Waals surface area contributed by atoms with Crippen LogP contribution in [-0.4, -0.2) is 37.6 Å². The lowest BCUT2D eigenvalue weighted by molar-refractivity contribution is 0.171. The number of hydrogen-bond acceptors (Lipinski definition) is 2. The average molecular weight is 238 g/mol. The number of nitrogens with one attached hydrogen (secondary N) is 1. The molecule has 2 unspecified atom stereocenters. The van der Waals surface area contributed by atoms with Gasteiger partial charge in [-0.15, -0.1) is 0 Å². The van der Waals surface area contributed by atoms with Crippen molar-refractivity contribution >= 4 is 0 Å². The molecule has 1 N–H and O–H groups in total. The summed E-state index contributed by atoms with van der Waals surface area (Å²) < 4.78 is 0. The first kappa shape index (κ1) is 13.4. The first-order chi connectivity index (χ1) is 8.25. The topological polar surface area (TPSA) is 15.3 Å². The molecule has 100 valence electrons. The van der Waals surface area contributed by atoms with Gasteiger partial charge < -0.3 is 10.2 Å². The molecule has 2 rings (SSSR count). The third kappa shape index (κ3) is 4.26. The lowest BCUT2D eigenvalue weighted by atomic mass is 9.96. The normalized spacial score (nSPS) is 32.6. The van der Waals surface area contributed by atoms with E-state index in [9.17, 15) is 0 Å². The van der Waals surface area contributed by atoms with Crippen LogP contribution in [0.1, 0.15) is 51.9 Å². The molecule has 1 saturated heterocycles. The van der Waals surface area contributed by atoms with E-state index in [0.29, 0.717) is 0 Å². The third-order valence-electron chi connectivity index (χ3n) is 4.86. The predicted molar refractivity (Wildman–Crippen MR) is 74.3 cm³/mol. The lowest BCUT2D eigenvalue weighted by Crippen LogP contribution is -2.39. The van der Waals surface area contributed by atoms with E-state index < -0.39 is 0 Å². The summed E-state index contributed by atoms with van der Waals surface area (Å²) >= 11 is 0. The van der Waals surface area contributed by atoms with Crippen molar-refractivity contribution in [1.82, 2.24) is 10.2 Å². The molecular weight excluding hydrogens is 208 g/mol. The third-order valence-corrected chi connectivity index (χ3v) is 4.86. The summed E-state index contributed by atoms with van der Waals surface area (Å²) in [6.45, 7) is 6.23. The highest BCUT2D eigenvalue weighted by Gasteiger charge is 2.22. The highest BCUT2D eigenvalue weighted by Crippen LogP contribution is 2.26. The van der Waals surface area contributed by atoms with Crippen LogP contribution in [0, 0.1) is 11.8 Å². The number of nitrogens with zero attached hydrogens (tertiary/aromatic N) is 1. The monoisotopic (exact) mass is 238 g/mol. The number of hydrogen-bond donors (Lipinski definition) is 1. The van der Waals surface area contributed by atoms with Crippen molar-refractivity contribution in [1.29, 1.82) is 0 Å². The van der Waals surface area contributed by atoms with Gasteiger partial charge in [0.15, 0.2) is 0 Å². The molecule has 1 aliphatic carbocycles. The Morgan fingerprint density at radius 1 is 1.00 bits per heavy atom. The van der Waals surface area contributed by atoms with Crippen molar-refractivity contribution in [3.63, 3.8) is 0 Å². The van der Waals surface area contributed by atoms with Crippen LogP contribution in [0.4, 0.5) is 0 Å². The predicted octanol–water partition coefficient (Wildman–Crippen LogP) is 2.89. The Morgan fingerprint density at radius 3 is 2.53 bits per heavy atom. The highest BCUT2D eigenvalue weighted by molar-refractivity contribution is 4.78. The molecule has 17 heavy (non-hydrogen) atoms. The van der Waals surface area contributed by atoms with Gasteiger partial charge in [-0.05, 0) is 64.1 Å². The Kier molecular flexibility index (Phi) is 5.30. The van der Waals surface area contributed by atoms with Crippen LogP contribution in [0.3, 0.4) is 0 Å². The van der Waals surface area contributed by atoms with Gasteiger partial charge in [-0.3, -0.25) is 0 Å². The van der Waals surface area contributed by atoms with Crippen molar-refractivity contribution in [2.24, 2.45) is 11.8 Å². The number of rotatable bonds is 3. The van der Waals surface area contributed by atoms with E-state index in [1.54, 1.807) is 0 Å². The Balaban J connectivity index is 1.75. The van der Waals surface area contributed by atoms with Crippen LogP contribution in [-0.2, 0) is 0 Å². The van der Waals surface area contributed by atoms with Crippen LogP contribution >= 0.6 is 0 Å². The Morgan fingerprint density at radius 2 is 1.76 bits per heavy atom. The van der Waals surface area contributed by atoms with Crippen LogP contribution in [0.2, 0.25) is 0 Å². The molecule has 2 nitrogen and oxygen atoms in total. The van der Waals surface area contributed by atoms with E-state index in [-0.39, 0.29) is 0 Å². The maximum absolute atomic E-state index is 3.46. The molecule has 0 aromatic heterocycles. The minimum atomic E-state index is 0.870. The maximum atomic E-state index is 3.46. The Hall–Kier alpha value is -0.0800. The molecule has 2 fully saturated rings. The molecule has 2 atom stereocenters. The van der Waals surface area contributed by atoms with Gasteiger partial charge in [-0.25, -0.2) is 0 Å². The number of piperidine rings is 1. The molecule has 0 radical (unpaired) electrons. The van der Waals surface area contributed by atoms with Gasteiger partial charge in [0.1, 0.15) is 0 Å². The van der Waals surface area contributed by atoms with E-state index in [4.69, 9.17) is 0 Å². The lowest BCUT2D eigenvalue weighted by Gasteiger charge is -2.32. The van der Waals surface area contributed by atoms with Crippen LogP contribution in [0.15, 0.2) is 0 Å². The standard InChI is InChI=1S/C15H30N2/c1-13-4-3-5-15(7-6-13)17(2)12-14-8-10-16-11-9-14/h13-16H,3-12H2,1-2H3. The summed E-state index contributed by atoms with van der Waals surface area (Å²) in [7, 11) is 2.36. The van der Waals surface area contributed by atoms with E-state index in [2.05, 4.69) is 24.2 Å². The van der Waals surface area contributed by atoms with Gasteiger partial charge in [-0.2, -0.15) is 0 Å². The molecule has 0 amide bonds. The molecule has 1 aliphatic heterocycles. The van der Waals surface area contributed by atoms with Crippen molar-refractivity contribution in [3.05, 3.63) is 0 Å². The van der Waals surface area contributed by atoms with Crippen LogP contribution < -0.4 is 5.32 Å². The van der Waals surface area contributed by atoms with Crippen molar-refractivity contribution in [3.8, 4) is 0 Å². The maximum Gasteiger partial charge on any atom is 0.00924 e. The second-order valence-electron chi connectivity index (χ2n) is 6.40. The molecule has 0 aromatic carbocycles. The molecule has 1 heterocycles. The molecule has 0 bridgehead atoms. The zero-order valence-electron chi connectivity index (χ0n) is 11.8. The average Bonchev–Trinajstić information content (AvgIpc) is 2.55. The molecule has 2 aliphatic rings. The summed E-state index contributed by atoms with van der Waals surface area (Å²) in [6.07, 6.45) is 9.98. The van der Waals surface area contributed by atoms with Crippen molar-refractivity contribution in [2.75, 3.05) is 26.7 Å². The molecule has 0 spiro atoms. The van der Waals surface area contributed by atoms with E-state index >= 15 is 0 Å². The van der Waals surface area contributed by atoms with Crippen molar-refractivity contribution < 1.29 is 0 Å². The minimum Gasteiger partial charge on any atom is -0.317 e. The Bertz CT molecular complexity index is 211. The van der Waals surface area contributed by atoms with Gasteiger partial charge >= 0.3 is 0 Å². The molecule has 0 aromatic rings. The highest BCUT2D eigenvalue weighted by atomic mass is 15.1. The smallest absolute Gasteiger partial charge is 0.00924 e. The van der Waals surface area contributed by atoms with Crippen LogP contribution in [0.5, 0.6) is 0 Å². The summed E-state index contributed by atoms with van der Waals surface area (Å²) in [5.41, 5.74) is 0. The SMILES string of the molecule is CC1CCCC(N(C)CC2CCNCC2)CC1. The van der Waals surface area contributed by atoms with Gasteiger partial charge in [0.25, 0.3) is 0 Å². The Labute approximate surface area is 107 Å². The quantitative estimate of drug-likeness (QED) is 0.761. The molecule has 2 heteroatoms. The minimum absolute atomic E-state index is 0.870. The largest absolute Gasteiger partial charge is 0.317 e. The van der Waals surface area contributed by atoms with Gasteiger partial charge in [-0.1, -0.05) is 19.8 Å². The van der Waals surface area contributed by atoms with Gasteiger partial charge in [0.05, 0.1) is 0 Å². The summed E-state index contributed by atoms with van der Waals surface area (Å²) in [5, 5.41) is 3.46. The van der Waals surface area contributed by atoms with E-state index in [1.807, 2.05) is 0 Å². The van der Waals surface area contributed by atoms with Crippen molar-refractivity contribution in [2.45, 2.75) is 57.9 Å². The summed E-state index contributed by atoms with van der Waals surface area (Å²) in [6, 6.07) is 0.870. The van der Waals surface area contributed by atoms with Gasteiger partial charge in [0.2, 0.25) is 0 Å². The molecule has 1 saturated carbocycles. The fourth-order valence-electron chi connectivity index (χ4n) is 3.53. The fraction of sp³-hybridized carbons (Fsp3) is 1.00. The second-order valence-corrected chi connectivity index (χ2v) is 6.40. The zero-order chi connectivity index (χ0) is 12.1. The van der Waals surface area contributed by atoms with Crippen LogP contribution in [0.25, 0.3) is 0 Å². The fourth-order valence-corrected chi connectivity index (χ4v) is 3.53. The van der Waals surface area contributed by atoms with E-state index in [0.717, 1.165) is 17.9 Å². The molecular formula is C15H30N2.